The molecule has 160 valence electrons. The molecule has 0 bridgehead atoms. The molecule has 0 heterocycles. The average molecular weight is 432 g/mol. The molecule has 9 heteroatoms. The van der Waals surface area contributed by atoms with Gasteiger partial charge in [0.15, 0.2) is 12.4 Å². The van der Waals surface area contributed by atoms with Gasteiger partial charge in [-0.3, -0.25) is 9.59 Å². The van der Waals surface area contributed by atoms with E-state index in [1.165, 1.54) is 25.3 Å². The maximum absolute atomic E-state index is 12.4. The molecule has 1 aliphatic carbocycles. The highest BCUT2D eigenvalue weighted by molar-refractivity contribution is 7.89. The third-order valence-electron chi connectivity index (χ3n) is 4.52. The normalized spacial score (nSPS) is 13.5. The number of hydrogen-bond donors (Lipinski definition) is 2. The molecule has 1 aliphatic rings. The van der Waals surface area contributed by atoms with E-state index in [2.05, 4.69) is 10.0 Å². The van der Waals surface area contributed by atoms with Crippen LogP contribution in [0.1, 0.15) is 36.5 Å². The van der Waals surface area contributed by atoms with Crippen molar-refractivity contribution in [2.24, 2.45) is 0 Å². The van der Waals surface area contributed by atoms with Crippen LogP contribution in [0.5, 0.6) is 11.5 Å². The van der Waals surface area contributed by atoms with E-state index in [1.807, 2.05) is 0 Å². The summed E-state index contributed by atoms with van der Waals surface area (Å²) in [6.07, 6.45) is 2.06. The summed E-state index contributed by atoms with van der Waals surface area (Å²) in [4.78, 5) is 24.0. The van der Waals surface area contributed by atoms with Crippen LogP contribution in [0.2, 0.25) is 0 Å². The van der Waals surface area contributed by atoms with Gasteiger partial charge in [-0.1, -0.05) is 6.92 Å². The number of rotatable bonds is 10. The van der Waals surface area contributed by atoms with Crippen molar-refractivity contribution >= 4 is 27.4 Å². The smallest absolute Gasteiger partial charge is 0.262 e. The lowest BCUT2D eigenvalue weighted by Gasteiger charge is -2.13. The topological polar surface area (TPSA) is 111 Å². The minimum atomic E-state index is -3.66. The summed E-state index contributed by atoms with van der Waals surface area (Å²) < 4.78 is 38.1. The lowest BCUT2D eigenvalue weighted by Crippen LogP contribution is -2.26. The van der Waals surface area contributed by atoms with Crippen molar-refractivity contribution in [1.29, 1.82) is 0 Å². The molecule has 3 rings (SSSR count). The first kappa shape index (κ1) is 21.8. The lowest BCUT2D eigenvalue weighted by atomic mass is 10.1. The number of amides is 1. The quantitative estimate of drug-likeness (QED) is 0.559. The van der Waals surface area contributed by atoms with E-state index in [9.17, 15) is 18.0 Å². The molecule has 1 fully saturated rings. The van der Waals surface area contributed by atoms with Crippen molar-refractivity contribution in [3.05, 3.63) is 48.0 Å². The van der Waals surface area contributed by atoms with E-state index in [-0.39, 0.29) is 29.0 Å². The van der Waals surface area contributed by atoms with Crippen LogP contribution in [0.15, 0.2) is 47.4 Å². The Hall–Kier alpha value is -2.91. The van der Waals surface area contributed by atoms with Crippen LogP contribution in [0.25, 0.3) is 0 Å². The van der Waals surface area contributed by atoms with Crippen LogP contribution in [0.4, 0.5) is 5.69 Å². The average Bonchev–Trinajstić information content (AvgIpc) is 3.55. The molecule has 0 unspecified atom stereocenters. The number of sulfonamides is 1. The zero-order chi connectivity index (χ0) is 21.7. The molecule has 0 aromatic heterocycles. The Balaban J connectivity index is 1.65. The number of Topliss-reactive ketones (excluding diaryl/α,β-unsaturated/α-hetero) is 1. The van der Waals surface area contributed by atoms with Crippen molar-refractivity contribution in [1.82, 2.24) is 4.72 Å². The largest absolute Gasteiger partial charge is 0.495 e. The zero-order valence-electron chi connectivity index (χ0n) is 16.8. The summed E-state index contributed by atoms with van der Waals surface area (Å²) in [6, 6.07) is 10.8. The zero-order valence-corrected chi connectivity index (χ0v) is 17.6. The van der Waals surface area contributed by atoms with E-state index >= 15 is 0 Å². The molecule has 1 saturated carbocycles. The first-order chi connectivity index (χ1) is 14.3. The third kappa shape index (κ3) is 5.58. The molecule has 0 radical (unpaired) electrons. The number of anilines is 1. The van der Waals surface area contributed by atoms with Gasteiger partial charge in [-0.25, -0.2) is 13.1 Å². The van der Waals surface area contributed by atoms with Gasteiger partial charge in [-0.2, -0.15) is 0 Å². The van der Waals surface area contributed by atoms with Gasteiger partial charge in [0.25, 0.3) is 5.91 Å². The van der Waals surface area contributed by atoms with Crippen LogP contribution >= 0.6 is 0 Å². The summed E-state index contributed by atoms with van der Waals surface area (Å²) in [6.45, 7) is 1.50. The fraction of sp³-hybridized carbons (Fsp3) is 0.333. The monoisotopic (exact) mass is 432 g/mol. The molecule has 2 N–H and O–H groups in total. The number of nitrogens with one attached hydrogen (secondary N) is 2. The predicted octanol–water partition coefficient (Wildman–Crippen LogP) is 2.75. The van der Waals surface area contributed by atoms with Gasteiger partial charge in [0.05, 0.1) is 17.7 Å². The second-order valence-electron chi connectivity index (χ2n) is 6.90. The van der Waals surface area contributed by atoms with Gasteiger partial charge in [-0.05, 0) is 55.3 Å². The maximum Gasteiger partial charge on any atom is 0.262 e. The van der Waals surface area contributed by atoms with E-state index in [1.54, 1.807) is 31.2 Å². The number of carbonyl (C=O) groups excluding carboxylic acids is 2. The number of benzene rings is 2. The second kappa shape index (κ2) is 9.27. The Labute approximate surface area is 175 Å². The number of ketones is 1. The fourth-order valence-corrected chi connectivity index (χ4v) is 4.05. The van der Waals surface area contributed by atoms with Gasteiger partial charge in [0.2, 0.25) is 10.0 Å². The Morgan fingerprint density at radius 3 is 2.40 bits per heavy atom. The van der Waals surface area contributed by atoms with E-state index < -0.39 is 15.9 Å². The molecule has 1 amide bonds. The van der Waals surface area contributed by atoms with Gasteiger partial charge in [-0.15, -0.1) is 0 Å². The summed E-state index contributed by atoms with van der Waals surface area (Å²) in [5.74, 6) is 0.315. The van der Waals surface area contributed by atoms with E-state index in [0.717, 1.165) is 12.8 Å². The first-order valence-corrected chi connectivity index (χ1v) is 11.1. The fourth-order valence-electron chi connectivity index (χ4n) is 2.72. The maximum atomic E-state index is 12.4. The first-order valence-electron chi connectivity index (χ1n) is 9.58. The van der Waals surface area contributed by atoms with E-state index in [0.29, 0.717) is 23.5 Å². The lowest BCUT2D eigenvalue weighted by molar-refractivity contribution is -0.118. The minimum absolute atomic E-state index is 0.0254. The Morgan fingerprint density at radius 2 is 1.80 bits per heavy atom. The van der Waals surface area contributed by atoms with Crippen molar-refractivity contribution < 1.29 is 27.5 Å². The highest BCUT2D eigenvalue weighted by Gasteiger charge is 2.28. The van der Waals surface area contributed by atoms with Crippen molar-refractivity contribution in [2.75, 3.05) is 19.0 Å². The van der Waals surface area contributed by atoms with Crippen LogP contribution in [-0.2, 0) is 14.8 Å². The summed E-state index contributed by atoms with van der Waals surface area (Å²) in [5.41, 5.74) is 0.811. The van der Waals surface area contributed by atoms with Crippen molar-refractivity contribution in [3.63, 3.8) is 0 Å². The highest BCUT2D eigenvalue weighted by Crippen LogP contribution is 2.29. The molecule has 0 spiro atoms. The minimum Gasteiger partial charge on any atom is -0.495 e. The van der Waals surface area contributed by atoms with Crippen LogP contribution in [0.3, 0.4) is 0 Å². The predicted molar refractivity (Wildman–Crippen MR) is 112 cm³/mol. The second-order valence-corrected chi connectivity index (χ2v) is 8.61. The highest BCUT2D eigenvalue weighted by atomic mass is 32.2. The van der Waals surface area contributed by atoms with Gasteiger partial charge >= 0.3 is 0 Å². The number of hydrogen-bond acceptors (Lipinski definition) is 6. The molecular formula is C21H24N2O6S. The standard InChI is InChI=1S/C21H24N2O6S/c1-3-19(24)14-4-8-16(9-5-14)29-13-21(25)22-18-12-17(10-11-20(18)28-2)30(26,27)23-15-6-7-15/h4-5,8-12,15,23H,3,6-7,13H2,1-2H3,(H,22,25). The number of ether oxygens (including phenoxy) is 2. The number of methoxy groups -OCH3 is 1. The molecule has 2 aromatic carbocycles. The molecule has 0 saturated heterocycles. The molecule has 8 nitrogen and oxygen atoms in total. The van der Waals surface area contributed by atoms with Gasteiger partial charge in [0, 0.05) is 18.0 Å². The van der Waals surface area contributed by atoms with Crippen molar-refractivity contribution in [3.8, 4) is 11.5 Å². The number of carbonyl (C=O) groups is 2. The van der Waals surface area contributed by atoms with Crippen LogP contribution in [-0.4, -0.2) is 39.9 Å². The van der Waals surface area contributed by atoms with Gasteiger partial charge in [0.1, 0.15) is 11.5 Å². The molecule has 30 heavy (non-hydrogen) atoms. The molecule has 0 atom stereocenters. The molecule has 0 aliphatic heterocycles. The Morgan fingerprint density at radius 1 is 1.10 bits per heavy atom. The van der Waals surface area contributed by atoms with Crippen LogP contribution < -0.4 is 19.5 Å². The third-order valence-corrected chi connectivity index (χ3v) is 6.04. The van der Waals surface area contributed by atoms with Crippen molar-refractivity contribution in [2.45, 2.75) is 37.1 Å². The van der Waals surface area contributed by atoms with Gasteiger partial charge < -0.3 is 14.8 Å². The Kier molecular flexibility index (Phi) is 6.73. The summed E-state index contributed by atoms with van der Waals surface area (Å²) in [7, 11) is -2.24. The van der Waals surface area contributed by atoms with Crippen LogP contribution in [0, 0.1) is 0 Å². The Bertz CT molecular complexity index is 1030. The SMILES string of the molecule is CCC(=O)c1ccc(OCC(=O)Nc2cc(S(=O)(=O)NC3CC3)ccc2OC)cc1. The summed E-state index contributed by atoms with van der Waals surface area (Å²) >= 11 is 0. The molecular weight excluding hydrogens is 408 g/mol. The summed E-state index contributed by atoms with van der Waals surface area (Å²) in [5, 5.41) is 2.62. The molecule has 2 aromatic rings. The van der Waals surface area contributed by atoms with E-state index in [4.69, 9.17) is 9.47 Å².